The van der Waals surface area contributed by atoms with Gasteiger partial charge in [-0.1, -0.05) is 36.5 Å². The van der Waals surface area contributed by atoms with Gasteiger partial charge in [0.15, 0.2) is 0 Å². The molecule has 0 radical (unpaired) electrons. The van der Waals surface area contributed by atoms with Crippen LogP contribution in [0.3, 0.4) is 0 Å². The zero-order chi connectivity index (χ0) is 21.8. The van der Waals surface area contributed by atoms with Crippen LogP contribution in [0.4, 0.5) is 5.82 Å². The summed E-state index contributed by atoms with van der Waals surface area (Å²) in [4.78, 5) is 21.4. The zero-order valence-corrected chi connectivity index (χ0v) is 19.0. The number of aromatic nitrogens is 2. The minimum Gasteiger partial charge on any atom is -0.466 e. The molecule has 0 saturated carbocycles. The van der Waals surface area contributed by atoms with Gasteiger partial charge in [0.2, 0.25) is 0 Å². The summed E-state index contributed by atoms with van der Waals surface area (Å²) in [6, 6.07) is 9.66. The molecule has 1 aromatic carbocycles. The summed E-state index contributed by atoms with van der Waals surface area (Å²) in [6.07, 6.45) is 2.77. The molecule has 4 rings (SSSR count). The van der Waals surface area contributed by atoms with Crippen molar-refractivity contribution in [3.63, 3.8) is 0 Å². The van der Waals surface area contributed by atoms with Crippen LogP contribution in [-0.2, 0) is 22.4 Å². The van der Waals surface area contributed by atoms with Crippen molar-refractivity contribution in [1.29, 1.82) is 0 Å². The molecule has 0 fully saturated rings. The number of benzene rings is 1. The molecule has 3 aromatic rings. The molecule has 0 spiro atoms. The number of carbonyl (C=O) groups excluding carboxylic acids is 1. The molecule has 164 valence electrons. The maximum absolute atomic E-state index is 10.9. The van der Waals surface area contributed by atoms with E-state index in [1.54, 1.807) is 0 Å². The highest BCUT2D eigenvalue weighted by atomic mass is 35.5. The van der Waals surface area contributed by atoms with Gasteiger partial charge in [0.25, 0.3) is 6.47 Å². The number of nitrogens with zero attached hydrogens (tertiary/aromatic N) is 2. The van der Waals surface area contributed by atoms with Gasteiger partial charge in [-0.2, -0.15) is 0 Å². The van der Waals surface area contributed by atoms with Gasteiger partial charge in [0, 0.05) is 41.3 Å². The van der Waals surface area contributed by atoms with Crippen molar-refractivity contribution < 1.29 is 9.53 Å². The summed E-state index contributed by atoms with van der Waals surface area (Å²) in [5.74, 6) is 0.825. The largest absolute Gasteiger partial charge is 0.466 e. The first-order valence-electron chi connectivity index (χ1n) is 10.6. The maximum Gasteiger partial charge on any atom is 0.293 e. The molecule has 6 nitrogen and oxygen atoms in total. The van der Waals surface area contributed by atoms with E-state index in [0.717, 1.165) is 72.0 Å². The highest BCUT2D eigenvalue weighted by Crippen LogP contribution is 2.35. The number of pyridine rings is 1. The SMILES string of the molecule is CCCc1nc(NCCN2CCc3c([nH]c4ccc(Cl)cc34)C2COC=O)ccc1Cl. The van der Waals surface area contributed by atoms with Crippen LogP contribution in [0.25, 0.3) is 10.9 Å². The van der Waals surface area contributed by atoms with E-state index in [9.17, 15) is 4.79 Å². The minimum absolute atomic E-state index is 0.0317. The Hall–Kier alpha value is -2.28. The molecule has 1 unspecified atom stereocenters. The molecular formula is C23H26Cl2N4O2. The quantitative estimate of drug-likeness (QED) is 0.439. The average Bonchev–Trinajstić information content (AvgIpc) is 3.13. The molecule has 1 atom stereocenters. The first kappa shape index (κ1) is 21.9. The zero-order valence-electron chi connectivity index (χ0n) is 17.5. The van der Waals surface area contributed by atoms with Crippen molar-refractivity contribution in [3.8, 4) is 0 Å². The van der Waals surface area contributed by atoms with E-state index in [1.165, 1.54) is 5.56 Å². The number of aromatic amines is 1. The summed E-state index contributed by atoms with van der Waals surface area (Å²) < 4.78 is 5.18. The van der Waals surface area contributed by atoms with Crippen molar-refractivity contribution >= 4 is 46.4 Å². The number of carbonyl (C=O) groups is 1. The van der Waals surface area contributed by atoms with Gasteiger partial charge in [-0.15, -0.1) is 0 Å². The number of halogens is 2. The van der Waals surface area contributed by atoms with E-state index in [2.05, 4.69) is 27.1 Å². The number of ether oxygens (including phenoxy) is 1. The molecule has 0 aliphatic carbocycles. The lowest BCUT2D eigenvalue weighted by molar-refractivity contribution is -0.130. The molecule has 0 saturated heterocycles. The molecule has 1 aliphatic rings. The standard InChI is InChI=1S/C23H26Cl2N4O2/c1-2-3-20-18(25)5-7-22(27-20)26-9-11-29-10-8-16-17-12-15(24)4-6-19(17)28-23(16)21(29)13-31-14-30/h4-7,12,14,21,28H,2-3,8-11,13H2,1H3,(H,26,27). The van der Waals surface area contributed by atoms with E-state index < -0.39 is 0 Å². The molecule has 31 heavy (non-hydrogen) atoms. The molecule has 2 N–H and O–H groups in total. The van der Waals surface area contributed by atoms with Crippen molar-refractivity contribution in [2.24, 2.45) is 0 Å². The lowest BCUT2D eigenvalue weighted by Gasteiger charge is -2.35. The number of fused-ring (bicyclic) bond motifs is 3. The third-order valence-electron chi connectivity index (χ3n) is 5.76. The van der Waals surface area contributed by atoms with E-state index >= 15 is 0 Å². The Kier molecular flexibility index (Phi) is 7.00. The molecule has 0 amide bonds. The predicted octanol–water partition coefficient (Wildman–Crippen LogP) is 5.01. The first-order chi connectivity index (χ1) is 15.1. The van der Waals surface area contributed by atoms with E-state index in [0.29, 0.717) is 18.1 Å². The van der Waals surface area contributed by atoms with Crippen LogP contribution in [-0.4, -0.2) is 47.6 Å². The number of aryl methyl sites for hydroxylation is 1. The topological polar surface area (TPSA) is 70.2 Å². The van der Waals surface area contributed by atoms with Gasteiger partial charge in [-0.25, -0.2) is 4.98 Å². The van der Waals surface area contributed by atoms with E-state index in [1.807, 2.05) is 30.3 Å². The van der Waals surface area contributed by atoms with Gasteiger partial charge in [-0.05, 0) is 48.7 Å². The number of hydrogen-bond acceptors (Lipinski definition) is 5. The Morgan fingerprint density at radius 1 is 1.32 bits per heavy atom. The molecule has 3 heterocycles. The fourth-order valence-electron chi connectivity index (χ4n) is 4.30. The molecule has 2 aromatic heterocycles. The van der Waals surface area contributed by atoms with Crippen molar-refractivity contribution in [3.05, 3.63) is 57.3 Å². The highest BCUT2D eigenvalue weighted by molar-refractivity contribution is 6.31. The smallest absolute Gasteiger partial charge is 0.293 e. The second-order valence-corrected chi connectivity index (χ2v) is 8.58. The van der Waals surface area contributed by atoms with Gasteiger partial charge >= 0.3 is 0 Å². The van der Waals surface area contributed by atoms with Gasteiger partial charge in [0.1, 0.15) is 12.4 Å². The summed E-state index contributed by atoms with van der Waals surface area (Å²) in [6.45, 7) is 5.31. The second-order valence-electron chi connectivity index (χ2n) is 7.74. The maximum atomic E-state index is 10.9. The fourth-order valence-corrected chi connectivity index (χ4v) is 4.67. The highest BCUT2D eigenvalue weighted by Gasteiger charge is 2.30. The molecular weight excluding hydrogens is 435 g/mol. The van der Waals surface area contributed by atoms with Crippen molar-refractivity contribution in [2.75, 3.05) is 31.6 Å². The predicted molar refractivity (Wildman–Crippen MR) is 125 cm³/mol. The third kappa shape index (κ3) is 4.81. The Labute approximate surface area is 191 Å². The third-order valence-corrected chi connectivity index (χ3v) is 6.34. The number of anilines is 1. The van der Waals surface area contributed by atoms with Crippen molar-refractivity contribution in [2.45, 2.75) is 32.2 Å². The molecule has 8 heteroatoms. The van der Waals surface area contributed by atoms with Crippen LogP contribution in [0.1, 0.15) is 36.3 Å². The monoisotopic (exact) mass is 460 g/mol. The number of hydrogen-bond donors (Lipinski definition) is 2. The van der Waals surface area contributed by atoms with Crippen LogP contribution in [0, 0.1) is 0 Å². The van der Waals surface area contributed by atoms with Crippen LogP contribution in [0.2, 0.25) is 10.0 Å². The van der Waals surface area contributed by atoms with Crippen LogP contribution >= 0.6 is 23.2 Å². The van der Waals surface area contributed by atoms with Crippen LogP contribution in [0.5, 0.6) is 0 Å². The van der Waals surface area contributed by atoms with Crippen LogP contribution < -0.4 is 5.32 Å². The Bertz CT molecular complexity index is 1070. The van der Waals surface area contributed by atoms with E-state index in [4.69, 9.17) is 27.9 Å². The van der Waals surface area contributed by atoms with Crippen LogP contribution in [0.15, 0.2) is 30.3 Å². The van der Waals surface area contributed by atoms with Crippen molar-refractivity contribution in [1.82, 2.24) is 14.9 Å². The Balaban J connectivity index is 1.48. The first-order valence-corrected chi connectivity index (χ1v) is 11.3. The van der Waals surface area contributed by atoms with E-state index in [-0.39, 0.29) is 6.04 Å². The summed E-state index contributed by atoms with van der Waals surface area (Å²) >= 11 is 12.5. The lowest BCUT2D eigenvalue weighted by atomic mass is 9.97. The number of H-pyrrole nitrogens is 1. The summed E-state index contributed by atoms with van der Waals surface area (Å²) in [5, 5.41) is 5.98. The van der Waals surface area contributed by atoms with Gasteiger partial charge in [-0.3, -0.25) is 9.69 Å². The number of nitrogens with one attached hydrogen (secondary N) is 2. The lowest BCUT2D eigenvalue weighted by Crippen LogP contribution is -2.40. The summed E-state index contributed by atoms with van der Waals surface area (Å²) in [5.41, 5.74) is 4.33. The molecule has 1 aliphatic heterocycles. The molecule has 0 bridgehead atoms. The second kappa shape index (κ2) is 9.90. The summed E-state index contributed by atoms with van der Waals surface area (Å²) in [7, 11) is 0. The fraction of sp³-hybridized carbons (Fsp3) is 0.391. The van der Waals surface area contributed by atoms with Gasteiger partial charge < -0.3 is 15.0 Å². The number of rotatable bonds is 9. The normalized spacial score (nSPS) is 16.3. The minimum atomic E-state index is -0.0317. The van der Waals surface area contributed by atoms with Gasteiger partial charge in [0.05, 0.1) is 16.8 Å². The Morgan fingerprint density at radius 3 is 3.00 bits per heavy atom. The average molecular weight is 461 g/mol. The Morgan fingerprint density at radius 2 is 2.19 bits per heavy atom.